The predicted molar refractivity (Wildman–Crippen MR) is 119 cm³/mol. The van der Waals surface area contributed by atoms with Crippen LogP contribution in [-0.4, -0.2) is 50.0 Å². The molecule has 1 fully saturated rings. The first-order valence-corrected chi connectivity index (χ1v) is 9.47. The first-order chi connectivity index (χ1) is 12.5. The SMILES string of the molecule is CN=C(NCCC(=O)N1CCCC(C)C1)NCCc1ccc(F)cc1C.I. The molecule has 2 N–H and O–H groups in total. The maximum Gasteiger partial charge on any atom is 0.224 e. The number of rotatable bonds is 6. The zero-order chi connectivity index (χ0) is 18.9. The molecule has 0 saturated carbocycles. The van der Waals surface area contributed by atoms with E-state index in [0.29, 0.717) is 31.4 Å². The zero-order valence-corrected chi connectivity index (χ0v) is 18.9. The summed E-state index contributed by atoms with van der Waals surface area (Å²) in [6.45, 7) is 7.14. The molecule has 2 rings (SSSR count). The molecule has 1 aliphatic heterocycles. The van der Waals surface area contributed by atoms with Crippen LogP contribution in [0.25, 0.3) is 0 Å². The number of hydrogen-bond donors (Lipinski definition) is 2. The monoisotopic (exact) mass is 490 g/mol. The van der Waals surface area contributed by atoms with Crippen molar-refractivity contribution in [1.29, 1.82) is 0 Å². The first kappa shape index (κ1) is 23.7. The highest BCUT2D eigenvalue weighted by atomic mass is 127. The zero-order valence-electron chi connectivity index (χ0n) is 16.6. The first-order valence-electron chi connectivity index (χ1n) is 9.47. The largest absolute Gasteiger partial charge is 0.356 e. The van der Waals surface area contributed by atoms with Crippen molar-refractivity contribution >= 4 is 35.8 Å². The van der Waals surface area contributed by atoms with Gasteiger partial charge in [-0.25, -0.2) is 4.39 Å². The Morgan fingerprint density at radius 3 is 2.74 bits per heavy atom. The van der Waals surface area contributed by atoms with Crippen LogP contribution in [-0.2, 0) is 11.2 Å². The molecule has 5 nitrogen and oxygen atoms in total. The van der Waals surface area contributed by atoms with Crippen molar-refractivity contribution < 1.29 is 9.18 Å². The molecule has 0 spiro atoms. The van der Waals surface area contributed by atoms with Crippen LogP contribution < -0.4 is 10.6 Å². The van der Waals surface area contributed by atoms with Crippen molar-refractivity contribution in [3.63, 3.8) is 0 Å². The summed E-state index contributed by atoms with van der Waals surface area (Å²) in [5.74, 6) is 1.29. The van der Waals surface area contributed by atoms with E-state index in [1.165, 1.54) is 12.5 Å². The Balaban J connectivity index is 0.00000364. The highest BCUT2D eigenvalue weighted by Crippen LogP contribution is 2.15. The van der Waals surface area contributed by atoms with Crippen molar-refractivity contribution in [1.82, 2.24) is 15.5 Å². The summed E-state index contributed by atoms with van der Waals surface area (Å²) >= 11 is 0. The minimum absolute atomic E-state index is 0. The number of piperidine rings is 1. The second kappa shape index (κ2) is 12.2. The Morgan fingerprint density at radius 2 is 2.07 bits per heavy atom. The van der Waals surface area contributed by atoms with Crippen molar-refractivity contribution in [3.05, 3.63) is 35.1 Å². The Morgan fingerprint density at radius 1 is 1.33 bits per heavy atom. The lowest BCUT2D eigenvalue weighted by Gasteiger charge is -2.31. The number of guanidine groups is 1. The minimum Gasteiger partial charge on any atom is -0.356 e. The number of carbonyl (C=O) groups is 1. The molecule has 0 aromatic heterocycles. The minimum atomic E-state index is -0.204. The van der Waals surface area contributed by atoms with E-state index in [-0.39, 0.29) is 35.7 Å². The number of aliphatic imine (C=N–C) groups is 1. The second-order valence-corrected chi connectivity index (χ2v) is 7.08. The third-order valence-corrected chi connectivity index (χ3v) is 4.86. The van der Waals surface area contributed by atoms with Gasteiger partial charge in [-0.3, -0.25) is 9.79 Å². The maximum absolute atomic E-state index is 13.1. The van der Waals surface area contributed by atoms with Crippen LogP contribution in [0.5, 0.6) is 0 Å². The van der Waals surface area contributed by atoms with E-state index in [1.807, 2.05) is 17.9 Å². The van der Waals surface area contributed by atoms with Gasteiger partial charge in [-0.2, -0.15) is 0 Å². The van der Waals surface area contributed by atoms with Crippen LogP contribution in [0.15, 0.2) is 23.2 Å². The normalized spacial score (nSPS) is 17.3. The average Bonchev–Trinajstić information content (AvgIpc) is 2.62. The Labute approximate surface area is 179 Å². The average molecular weight is 490 g/mol. The molecule has 0 radical (unpaired) electrons. The highest BCUT2D eigenvalue weighted by molar-refractivity contribution is 14.0. The van der Waals surface area contributed by atoms with Gasteiger partial charge in [0.05, 0.1) is 0 Å². The third kappa shape index (κ3) is 8.02. The summed E-state index contributed by atoms with van der Waals surface area (Å²) in [6.07, 6.45) is 3.58. The molecule has 7 heteroatoms. The van der Waals surface area contributed by atoms with Crippen LogP contribution in [0, 0.1) is 18.7 Å². The molecule has 1 atom stereocenters. The maximum atomic E-state index is 13.1. The van der Waals surface area contributed by atoms with E-state index in [2.05, 4.69) is 22.5 Å². The van der Waals surface area contributed by atoms with E-state index in [1.54, 1.807) is 13.1 Å². The van der Waals surface area contributed by atoms with Gasteiger partial charge in [0.15, 0.2) is 5.96 Å². The Kier molecular flexibility index (Phi) is 10.6. The van der Waals surface area contributed by atoms with Gasteiger partial charge in [0.2, 0.25) is 5.91 Å². The van der Waals surface area contributed by atoms with Crippen molar-refractivity contribution in [2.75, 3.05) is 33.2 Å². The van der Waals surface area contributed by atoms with E-state index < -0.39 is 0 Å². The van der Waals surface area contributed by atoms with E-state index in [9.17, 15) is 9.18 Å². The third-order valence-electron chi connectivity index (χ3n) is 4.86. The van der Waals surface area contributed by atoms with Gasteiger partial charge in [-0.15, -0.1) is 24.0 Å². The van der Waals surface area contributed by atoms with Crippen LogP contribution in [0.1, 0.15) is 37.3 Å². The van der Waals surface area contributed by atoms with Gasteiger partial charge in [0, 0.05) is 39.6 Å². The molecule has 1 heterocycles. The molecule has 1 saturated heterocycles. The van der Waals surface area contributed by atoms with Crippen molar-refractivity contribution in [2.45, 2.75) is 39.5 Å². The molecule has 1 aliphatic rings. The molecule has 0 bridgehead atoms. The van der Waals surface area contributed by atoms with Gasteiger partial charge >= 0.3 is 0 Å². The smallest absolute Gasteiger partial charge is 0.224 e. The molecular formula is C20H32FIN4O. The molecule has 1 aromatic carbocycles. The fraction of sp³-hybridized carbons (Fsp3) is 0.600. The molecule has 1 unspecified atom stereocenters. The van der Waals surface area contributed by atoms with Crippen molar-refractivity contribution in [2.24, 2.45) is 10.9 Å². The highest BCUT2D eigenvalue weighted by Gasteiger charge is 2.20. The number of carbonyl (C=O) groups excluding carboxylic acids is 1. The quantitative estimate of drug-likeness (QED) is 0.366. The molecule has 152 valence electrons. The fourth-order valence-electron chi connectivity index (χ4n) is 3.34. The van der Waals surface area contributed by atoms with E-state index in [0.717, 1.165) is 37.1 Å². The molecule has 27 heavy (non-hydrogen) atoms. The Bertz CT molecular complexity index is 638. The number of hydrogen-bond acceptors (Lipinski definition) is 2. The number of nitrogens with one attached hydrogen (secondary N) is 2. The van der Waals surface area contributed by atoms with Gasteiger partial charge in [0.25, 0.3) is 0 Å². The van der Waals surface area contributed by atoms with Gasteiger partial charge < -0.3 is 15.5 Å². The fourth-order valence-corrected chi connectivity index (χ4v) is 3.34. The standard InChI is InChI=1S/C20H31FN4O.HI/c1-15-5-4-12-25(14-15)19(26)9-11-24-20(22-3)23-10-8-17-6-7-18(21)13-16(17)2;/h6-7,13,15H,4-5,8-12,14H2,1-3H3,(H2,22,23,24);1H. The van der Waals surface area contributed by atoms with Gasteiger partial charge in [-0.1, -0.05) is 13.0 Å². The number of nitrogens with zero attached hydrogens (tertiary/aromatic N) is 2. The van der Waals surface area contributed by atoms with Crippen LogP contribution in [0.4, 0.5) is 4.39 Å². The Hall–Kier alpha value is -1.38. The van der Waals surface area contributed by atoms with E-state index >= 15 is 0 Å². The summed E-state index contributed by atoms with van der Waals surface area (Å²) in [6, 6.07) is 4.86. The second-order valence-electron chi connectivity index (χ2n) is 7.08. The van der Waals surface area contributed by atoms with Gasteiger partial charge in [-0.05, 0) is 55.4 Å². The lowest BCUT2D eigenvalue weighted by Crippen LogP contribution is -2.42. The lowest BCUT2D eigenvalue weighted by atomic mass is 10.00. The summed E-state index contributed by atoms with van der Waals surface area (Å²) in [5, 5.41) is 6.43. The predicted octanol–water partition coefficient (Wildman–Crippen LogP) is 3.11. The lowest BCUT2D eigenvalue weighted by molar-refractivity contribution is -0.132. The summed E-state index contributed by atoms with van der Waals surface area (Å²) in [7, 11) is 1.71. The van der Waals surface area contributed by atoms with Gasteiger partial charge in [0.1, 0.15) is 5.82 Å². The van der Waals surface area contributed by atoms with Crippen molar-refractivity contribution in [3.8, 4) is 0 Å². The summed E-state index contributed by atoms with van der Waals surface area (Å²) < 4.78 is 13.1. The molecular weight excluding hydrogens is 458 g/mol. The van der Waals surface area contributed by atoms with Crippen LogP contribution >= 0.6 is 24.0 Å². The number of benzene rings is 1. The molecule has 1 aromatic rings. The summed E-state index contributed by atoms with van der Waals surface area (Å²) in [5.41, 5.74) is 2.07. The van der Waals surface area contributed by atoms with Crippen LogP contribution in [0.3, 0.4) is 0 Å². The number of likely N-dealkylation sites (tertiary alicyclic amines) is 1. The molecule has 0 aliphatic carbocycles. The number of aryl methyl sites for hydroxylation is 1. The topological polar surface area (TPSA) is 56.7 Å². The van der Waals surface area contributed by atoms with Crippen LogP contribution in [0.2, 0.25) is 0 Å². The van der Waals surface area contributed by atoms with E-state index in [4.69, 9.17) is 0 Å². The molecule has 1 amide bonds. The summed E-state index contributed by atoms with van der Waals surface area (Å²) in [4.78, 5) is 18.4. The number of halogens is 2. The number of amides is 1.